The van der Waals surface area contributed by atoms with Crippen LogP contribution in [0, 0.1) is 17.3 Å². The van der Waals surface area contributed by atoms with Crippen LogP contribution in [0.5, 0.6) is 5.75 Å². The molecule has 0 saturated carbocycles. The number of ether oxygens (including phenoxy) is 5. The van der Waals surface area contributed by atoms with E-state index in [0.29, 0.717) is 63.2 Å². The number of benzene rings is 1. The fourth-order valence-electron chi connectivity index (χ4n) is 8.23. The average molecular weight is 704 g/mol. The second-order valence-electron chi connectivity index (χ2n) is 16.0. The van der Waals surface area contributed by atoms with Crippen LogP contribution in [0.4, 0.5) is 0 Å². The van der Waals surface area contributed by atoms with Crippen molar-refractivity contribution in [3.05, 3.63) is 29.8 Å². The van der Waals surface area contributed by atoms with Crippen molar-refractivity contribution in [1.29, 1.82) is 0 Å². The number of piperidine rings is 1. The highest BCUT2D eigenvalue weighted by Crippen LogP contribution is 2.40. The predicted molar refractivity (Wildman–Crippen MR) is 189 cm³/mol. The lowest BCUT2D eigenvalue weighted by atomic mass is 9.74. The molecule has 3 aliphatic rings. The molecular weight excluding hydrogens is 642 g/mol. The fraction of sp³-hybridized carbons (Fsp3) is 0.763. The summed E-state index contributed by atoms with van der Waals surface area (Å²) in [4.78, 5) is 48.0. The van der Waals surface area contributed by atoms with E-state index in [0.717, 1.165) is 0 Å². The molecule has 0 radical (unpaired) electrons. The molecule has 1 aromatic carbocycles. The summed E-state index contributed by atoms with van der Waals surface area (Å²) >= 11 is 0. The van der Waals surface area contributed by atoms with Crippen LogP contribution in [0.3, 0.4) is 0 Å². The highest BCUT2D eigenvalue weighted by molar-refractivity contribution is 6.04. The Balaban J connectivity index is 1.63. The van der Waals surface area contributed by atoms with Crippen molar-refractivity contribution in [3.63, 3.8) is 0 Å². The first-order chi connectivity index (χ1) is 23.4. The number of methoxy groups -OCH3 is 2. The van der Waals surface area contributed by atoms with Gasteiger partial charge in [-0.3, -0.25) is 14.4 Å². The third-order valence-corrected chi connectivity index (χ3v) is 11.1. The maximum absolute atomic E-state index is 14.5. The van der Waals surface area contributed by atoms with Gasteiger partial charge in [0.2, 0.25) is 0 Å². The number of likely N-dealkylation sites (N-methyl/N-ethyl adjacent to an activating group) is 2. The summed E-state index contributed by atoms with van der Waals surface area (Å²) in [5, 5.41) is 11.4. The minimum Gasteiger partial charge on any atom is -0.497 e. The normalized spacial score (nSPS) is 34.4. The minimum atomic E-state index is -1.53. The van der Waals surface area contributed by atoms with Gasteiger partial charge in [0, 0.05) is 63.7 Å². The first kappa shape index (κ1) is 40.2. The molecule has 3 fully saturated rings. The zero-order chi connectivity index (χ0) is 37.2. The number of hydrogen-bond donors (Lipinski definition) is 1. The van der Waals surface area contributed by atoms with Gasteiger partial charge in [0.15, 0.2) is 12.1 Å². The lowest BCUT2D eigenvalue weighted by molar-refractivity contribution is -0.295. The molecule has 3 saturated heterocycles. The predicted octanol–water partition coefficient (Wildman–Crippen LogP) is 3.63. The lowest BCUT2D eigenvalue weighted by Gasteiger charge is -2.47. The number of ketones is 1. The molecule has 0 aliphatic carbocycles. The highest BCUT2D eigenvalue weighted by Gasteiger charge is 2.53. The third-order valence-electron chi connectivity index (χ3n) is 11.1. The Hall–Kier alpha value is -2.61. The van der Waals surface area contributed by atoms with E-state index >= 15 is 0 Å². The number of rotatable bonds is 6. The van der Waals surface area contributed by atoms with Crippen molar-refractivity contribution in [2.45, 2.75) is 109 Å². The van der Waals surface area contributed by atoms with Gasteiger partial charge in [0.25, 0.3) is 5.91 Å². The Morgan fingerprint density at radius 1 is 1.06 bits per heavy atom. The molecule has 282 valence electrons. The van der Waals surface area contributed by atoms with Crippen LogP contribution in [0.15, 0.2) is 24.3 Å². The second-order valence-corrected chi connectivity index (χ2v) is 16.0. The van der Waals surface area contributed by atoms with Gasteiger partial charge in [-0.2, -0.15) is 0 Å². The molecule has 1 amide bonds. The Morgan fingerprint density at radius 3 is 2.32 bits per heavy atom. The molecule has 1 aromatic rings. The average Bonchev–Trinajstić information content (AvgIpc) is 3.06. The molecule has 3 aliphatic heterocycles. The van der Waals surface area contributed by atoms with E-state index in [-0.39, 0.29) is 29.8 Å². The smallest absolute Gasteiger partial charge is 0.319 e. The van der Waals surface area contributed by atoms with E-state index in [2.05, 4.69) is 11.8 Å². The van der Waals surface area contributed by atoms with Gasteiger partial charge in [-0.25, -0.2) is 0 Å². The fourth-order valence-corrected chi connectivity index (χ4v) is 8.23. The second kappa shape index (κ2) is 16.0. The van der Waals surface area contributed by atoms with Gasteiger partial charge < -0.3 is 43.5 Å². The molecule has 1 spiro atoms. The van der Waals surface area contributed by atoms with Gasteiger partial charge in [0.05, 0.1) is 24.9 Å². The topological polar surface area (TPSA) is 127 Å². The molecule has 12 heteroatoms. The van der Waals surface area contributed by atoms with E-state index in [1.165, 1.54) is 0 Å². The highest BCUT2D eigenvalue weighted by atomic mass is 16.7. The van der Waals surface area contributed by atoms with Crippen molar-refractivity contribution < 1.29 is 43.2 Å². The summed E-state index contributed by atoms with van der Waals surface area (Å²) in [6.07, 6.45) is -0.976. The number of Topliss-reactive ketones (excluding diaryl/α,β-unsaturated/α-hetero) is 1. The molecule has 50 heavy (non-hydrogen) atoms. The zero-order valence-corrected chi connectivity index (χ0v) is 32.1. The van der Waals surface area contributed by atoms with Crippen molar-refractivity contribution in [2.75, 3.05) is 61.5 Å². The molecule has 0 bridgehead atoms. The van der Waals surface area contributed by atoms with E-state index in [9.17, 15) is 19.5 Å². The number of carbonyl (C=O) groups is 3. The number of amides is 1. The quantitative estimate of drug-likeness (QED) is 0.345. The molecule has 1 N–H and O–H groups in total. The summed E-state index contributed by atoms with van der Waals surface area (Å²) in [5.74, 6) is -1.20. The van der Waals surface area contributed by atoms with Crippen LogP contribution < -0.4 is 4.74 Å². The minimum absolute atomic E-state index is 0.0836. The number of carbonyl (C=O) groups excluding carboxylic acids is 3. The lowest BCUT2D eigenvalue weighted by Crippen LogP contribution is -2.59. The van der Waals surface area contributed by atoms with Gasteiger partial charge in [0.1, 0.15) is 22.9 Å². The molecule has 0 unspecified atom stereocenters. The standard InChI is InChI=1S/C38H61N3O9/c1-24-21-37(6,47-11)32(49-34-30(42)29(39(7)8)19-25(2)48-34)26(3)31(43)36(4,5)35(45)50-38(23-40(9)22-24)15-17-41(18-16-38)33(44)27-13-12-14-28(20-27)46-10/h12-14,20,24-26,29-30,32,34,42H,15-19,21-23H2,1-11H3/t24-,25-,26+,29+,30-,32-,34+,37-/m1/s1. The van der Waals surface area contributed by atoms with Gasteiger partial charge in [-0.05, 0) is 85.8 Å². The summed E-state index contributed by atoms with van der Waals surface area (Å²) in [6, 6.07) is 6.88. The zero-order valence-electron chi connectivity index (χ0n) is 32.1. The van der Waals surface area contributed by atoms with Crippen molar-refractivity contribution in [2.24, 2.45) is 17.3 Å². The number of likely N-dealkylation sites (tertiary alicyclic amines) is 1. The van der Waals surface area contributed by atoms with Crippen molar-refractivity contribution in [1.82, 2.24) is 14.7 Å². The summed E-state index contributed by atoms with van der Waals surface area (Å²) in [7, 11) is 9.01. The Morgan fingerprint density at radius 2 is 1.72 bits per heavy atom. The number of nitrogens with zero attached hydrogens (tertiary/aromatic N) is 3. The summed E-state index contributed by atoms with van der Waals surface area (Å²) in [6.45, 7) is 12.9. The van der Waals surface area contributed by atoms with Crippen LogP contribution in [-0.4, -0.2) is 141 Å². The van der Waals surface area contributed by atoms with Crippen LogP contribution in [-0.2, 0) is 28.5 Å². The van der Waals surface area contributed by atoms with Crippen molar-refractivity contribution >= 4 is 17.7 Å². The van der Waals surface area contributed by atoms with Gasteiger partial charge in [-0.15, -0.1) is 0 Å². The maximum Gasteiger partial charge on any atom is 0.319 e. The molecule has 8 atom stereocenters. The first-order valence-corrected chi connectivity index (χ1v) is 18.0. The number of hydrogen-bond acceptors (Lipinski definition) is 11. The molecule has 3 heterocycles. The molecule has 4 rings (SSSR count). The van der Waals surface area contributed by atoms with Gasteiger partial charge >= 0.3 is 5.97 Å². The Bertz CT molecular complexity index is 1350. The number of esters is 1. The van der Waals surface area contributed by atoms with E-state index in [1.807, 2.05) is 39.9 Å². The largest absolute Gasteiger partial charge is 0.497 e. The first-order valence-electron chi connectivity index (χ1n) is 18.0. The van der Waals surface area contributed by atoms with E-state index in [4.69, 9.17) is 23.7 Å². The molecular formula is C38H61N3O9. The SMILES string of the molecule is COc1cccc(C(=O)N2CCC3(CC2)CN(C)C[C@H](C)C[C@@](C)(OC)[C@H](O[C@@H]2O[C@H](C)C[C@H](N(C)C)[C@H]2O)[C@@H](C)C(=O)C(C)(C)C(=O)O3)c1. The van der Waals surface area contributed by atoms with Crippen LogP contribution >= 0.6 is 0 Å². The van der Waals surface area contributed by atoms with Gasteiger partial charge in [-0.1, -0.05) is 19.9 Å². The Kier molecular flexibility index (Phi) is 12.8. The van der Waals surface area contributed by atoms with Crippen molar-refractivity contribution in [3.8, 4) is 5.75 Å². The monoisotopic (exact) mass is 703 g/mol. The van der Waals surface area contributed by atoms with E-state index in [1.54, 1.807) is 64.2 Å². The number of aliphatic hydroxyl groups is 1. The Labute approximate surface area is 298 Å². The third kappa shape index (κ3) is 8.70. The molecule has 0 aromatic heterocycles. The maximum atomic E-state index is 14.5. The van der Waals surface area contributed by atoms with E-state index < -0.39 is 47.0 Å². The van der Waals surface area contributed by atoms with Crippen LogP contribution in [0.1, 0.15) is 77.6 Å². The van der Waals surface area contributed by atoms with Crippen LogP contribution in [0.2, 0.25) is 0 Å². The summed E-state index contributed by atoms with van der Waals surface area (Å²) in [5.41, 5.74) is -2.86. The van der Waals surface area contributed by atoms with Crippen LogP contribution in [0.25, 0.3) is 0 Å². The number of aliphatic hydroxyl groups excluding tert-OH is 1. The summed E-state index contributed by atoms with van der Waals surface area (Å²) < 4.78 is 30.8. The molecule has 12 nitrogen and oxygen atoms in total.